The number of rotatable bonds is 3. The summed E-state index contributed by atoms with van der Waals surface area (Å²) in [7, 11) is 0. The molecule has 4 nitrogen and oxygen atoms in total. The lowest BCUT2D eigenvalue weighted by atomic mass is 10.1. The largest absolute Gasteiger partial charge is 0.396 e. The Morgan fingerprint density at radius 1 is 1.37 bits per heavy atom. The molecule has 0 saturated carbocycles. The van der Waals surface area contributed by atoms with Gasteiger partial charge in [-0.1, -0.05) is 12.1 Å². The van der Waals surface area contributed by atoms with Crippen molar-refractivity contribution in [1.82, 2.24) is 10.3 Å². The SMILES string of the molecule is C[C@H](NC(=O)c1cccc(F)c1N)c1cccnc1. The number of para-hydroxylation sites is 1. The molecule has 0 aliphatic heterocycles. The van der Waals surface area contributed by atoms with Crippen molar-refractivity contribution < 1.29 is 9.18 Å². The van der Waals surface area contributed by atoms with Gasteiger partial charge in [-0.25, -0.2) is 4.39 Å². The zero-order valence-electron chi connectivity index (χ0n) is 10.4. The maximum Gasteiger partial charge on any atom is 0.253 e. The lowest BCUT2D eigenvalue weighted by Gasteiger charge is -2.14. The molecule has 0 radical (unpaired) electrons. The molecule has 2 aromatic rings. The molecule has 0 fully saturated rings. The monoisotopic (exact) mass is 259 g/mol. The van der Waals surface area contributed by atoms with Gasteiger partial charge in [-0.3, -0.25) is 9.78 Å². The van der Waals surface area contributed by atoms with Gasteiger partial charge in [0.2, 0.25) is 0 Å². The van der Waals surface area contributed by atoms with Crippen molar-refractivity contribution in [2.45, 2.75) is 13.0 Å². The van der Waals surface area contributed by atoms with E-state index in [0.717, 1.165) is 5.56 Å². The summed E-state index contributed by atoms with van der Waals surface area (Å²) in [6.07, 6.45) is 3.32. The van der Waals surface area contributed by atoms with E-state index in [1.165, 1.54) is 18.2 Å². The van der Waals surface area contributed by atoms with Crippen molar-refractivity contribution in [1.29, 1.82) is 0 Å². The van der Waals surface area contributed by atoms with Gasteiger partial charge in [0.25, 0.3) is 5.91 Å². The standard InChI is InChI=1S/C14H14FN3O/c1-9(10-4-3-7-17-8-10)18-14(19)11-5-2-6-12(15)13(11)16/h2-9H,16H2,1H3,(H,18,19)/t9-/m0/s1. The fourth-order valence-electron chi connectivity index (χ4n) is 1.72. The van der Waals surface area contributed by atoms with Gasteiger partial charge in [0.15, 0.2) is 0 Å². The van der Waals surface area contributed by atoms with Crippen LogP contribution >= 0.6 is 0 Å². The van der Waals surface area contributed by atoms with E-state index in [9.17, 15) is 9.18 Å². The molecule has 0 spiro atoms. The van der Waals surface area contributed by atoms with Gasteiger partial charge in [0.1, 0.15) is 5.82 Å². The predicted molar refractivity (Wildman–Crippen MR) is 70.9 cm³/mol. The molecule has 2 rings (SSSR count). The Balaban J connectivity index is 2.16. The second kappa shape index (κ2) is 5.48. The lowest BCUT2D eigenvalue weighted by molar-refractivity contribution is 0.0940. The number of benzene rings is 1. The van der Waals surface area contributed by atoms with Gasteiger partial charge in [-0.15, -0.1) is 0 Å². The highest BCUT2D eigenvalue weighted by atomic mass is 19.1. The number of amides is 1. The number of nitrogens with one attached hydrogen (secondary N) is 1. The molecule has 1 amide bonds. The van der Waals surface area contributed by atoms with Crippen LogP contribution < -0.4 is 11.1 Å². The van der Waals surface area contributed by atoms with Crippen molar-refractivity contribution in [3.05, 3.63) is 59.7 Å². The number of carbonyl (C=O) groups is 1. The highest BCUT2D eigenvalue weighted by Crippen LogP contribution is 2.17. The number of anilines is 1. The van der Waals surface area contributed by atoms with E-state index in [1.54, 1.807) is 18.5 Å². The summed E-state index contributed by atoms with van der Waals surface area (Å²) in [5.74, 6) is -1.00. The number of aromatic nitrogens is 1. The van der Waals surface area contributed by atoms with Crippen LogP contribution in [0.15, 0.2) is 42.7 Å². The second-order valence-electron chi connectivity index (χ2n) is 4.18. The van der Waals surface area contributed by atoms with Crippen LogP contribution in [-0.4, -0.2) is 10.9 Å². The minimum atomic E-state index is -0.596. The molecule has 1 aromatic heterocycles. The van der Waals surface area contributed by atoms with Gasteiger partial charge in [-0.05, 0) is 30.7 Å². The van der Waals surface area contributed by atoms with Gasteiger partial charge in [0.05, 0.1) is 17.3 Å². The number of hydrogen-bond donors (Lipinski definition) is 2. The third-order valence-corrected chi connectivity index (χ3v) is 2.83. The Morgan fingerprint density at radius 2 is 2.16 bits per heavy atom. The molecule has 0 aliphatic carbocycles. The molecule has 5 heteroatoms. The van der Waals surface area contributed by atoms with Crippen molar-refractivity contribution in [3.63, 3.8) is 0 Å². The molecule has 0 bridgehead atoms. The van der Waals surface area contributed by atoms with Gasteiger partial charge in [0, 0.05) is 12.4 Å². The van der Waals surface area contributed by atoms with Crippen LogP contribution in [0.2, 0.25) is 0 Å². The third-order valence-electron chi connectivity index (χ3n) is 2.83. The molecule has 98 valence electrons. The molecule has 0 saturated heterocycles. The normalized spacial score (nSPS) is 11.9. The van der Waals surface area contributed by atoms with E-state index >= 15 is 0 Å². The van der Waals surface area contributed by atoms with E-state index in [4.69, 9.17) is 5.73 Å². The van der Waals surface area contributed by atoms with Crippen molar-refractivity contribution in [2.24, 2.45) is 0 Å². The summed E-state index contributed by atoms with van der Waals surface area (Å²) in [6.45, 7) is 1.82. The number of nitrogens with two attached hydrogens (primary N) is 1. The third kappa shape index (κ3) is 2.88. The first-order chi connectivity index (χ1) is 9.09. The van der Waals surface area contributed by atoms with Gasteiger partial charge < -0.3 is 11.1 Å². The molecule has 0 aliphatic rings. The van der Waals surface area contributed by atoms with Crippen LogP contribution in [0.1, 0.15) is 28.9 Å². The molecular weight excluding hydrogens is 245 g/mol. The first-order valence-electron chi connectivity index (χ1n) is 5.84. The molecule has 0 unspecified atom stereocenters. The predicted octanol–water partition coefficient (Wildman–Crippen LogP) is 2.29. The van der Waals surface area contributed by atoms with Crippen LogP contribution in [0.3, 0.4) is 0 Å². The summed E-state index contributed by atoms with van der Waals surface area (Å²) in [6, 6.07) is 7.57. The van der Waals surface area contributed by atoms with Gasteiger partial charge >= 0.3 is 0 Å². The van der Waals surface area contributed by atoms with Crippen LogP contribution in [0, 0.1) is 5.82 Å². The van der Waals surface area contributed by atoms with Crippen molar-refractivity contribution >= 4 is 11.6 Å². The molecule has 19 heavy (non-hydrogen) atoms. The van der Waals surface area contributed by atoms with E-state index in [2.05, 4.69) is 10.3 Å². The minimum absolute atomic E-state index is 0.135. The van der Waals surface area contributed by atoms with Crippen LogP contribution in [0.5, 0.6) is 0 Å². The molecule has 3 N–H and O–H groups in total. The Kier molecular flexibility index (Phi) is 3.75. The highest BCUT2D eigenvalue weighted by Gasteiger charge is 2.15. The number of nitrogen functional groups attached to an aromatic ring is 1. The van der Waals surface area contributed by atoms with Crippen LogP contribution in [0.25, 0.3) is 0 Å². The minimum Gasteiger partial charge on any atom is -0.396 e. The quantitative estimate of drug-likeness (QED) is 0.831. The van der Waals surface area contributed by atoms with Crippen LogP contribution in [-0.2, 0) is 0 Å². The molecule has 1 atom stereocenters. The average molecular weight is 259 g/mol. The zero-order valence-corrected chi connectivity index (χ0v) is 10.4. The number of halogens is 1. The number of carbonyl (C=O) groups excluding carboxylic acids is 1. The first kappa shape index (κ1) is 13.0. The molecule has 1 heterocycles. The Bertz CT molecular complexity index is 586. The van der Waals surface area contributed by atoms with Crippen molar-refractivity contribution in [2.75, 3.05) is 5.73 Å². The van der Waals surface area contributed by atoms with Crippen LogP contribution in [0.4, 0.5) is 10.1 Å². The Labute approximate surface area is 110 Å². The average Bonchev–Trinajstić information content (AvgIpc) is 2.42. The van der Waals surface area contributed by atoms with E-state index in [0.29, 0.717) is 0 Å². The first-order valence-corrected chi connectivity index (χ1v) is 5.84. The highest BCUT2D eigenvalue weighted by molar-refractivity contribution is 5.99. The number of hydrogen-bond acceptors (Lipinski definition) is 3. The summed E-state index contributed by atoms with van der Waals surface area (Å²) in [5, 5.41) is 2.75. The maximum atomic E-state index is 13.3. The van der Waals surface area contributed by atoms with Crippen molar-refractivity contribution in [3.8, 4) is 0 Å². The summed E-state index contributed by atoms with van der Waals surface area (Å²) < 4.78 is 13.3. The van der Waals surface area contributed by atoms with E-state index < -0.39 is 11.7 Å². The topological polar surface area (TPSA) is 68.0 Å². The lowest BCUT2D eigenvalue weighted by Crippen LogP contribution is -2.27. The van der Waals surface area contributed by atoms with E-state index in [-0.39, 0.29) is 17.3 Å². The Hall–Kier alpha value is -2.43. The maximum absolute atomic E-state index is 13.3. The van der Waals surface area contributed by atoms with Gasteiger partial charge in [-0.2, -0.15) is 0 Å². The summed E-state index contributed by atoms with van der Waals surface area (Å²) >= 11 is 0. The smallest absolute Gasteiger partial charge is 0.253 e. The molecule has 1 aromatic carbocycles. The zero-order chi connectivity index (χ0) is 13.8. The molecular formula is C14H14FN3O. The fraction of sp³-hybridized carbons (Fsp3) is 0.143. The second-order valence-corrected chi connectivity index (χ2v) is 4.18. The Morgan fingerprint density at radius 3 is 2.84 bits per heavy atom. The summed E-state index contributed by atoms with van der Waals surface area (Å²) in [4.78, 5) is 16.0. The summed E-state index contributed by atoms with van der Waals surface area (Å²) in [5.41, 5.74) is 6.41. The fourth-order valence-corrected chi connectivity index (χ4v) is 1.72. The van der Waals surface area contributed by atoms with E-state index in [1.807, 2.05) is 13.0 Å². The number of nitrogens with zero attached hydrogens (tertiary/aromatic N) is 1. The number of pyridine rings is 1.